The van der Waals surface area contributed by atoms with E-state index in [1.807, 2.05) is 54.6 Å². The zero-order valence-electron chi connectivity index (χ0n) is 12.2. The first-order valence-corrected chi connectivity index (χ1v) is 6.76. The summed E-state index contributed by atoms with van der Waals surface area (Å²) in [5, 5.41) is 12.3. The molecular formula is C17H19NO3. The van der Waals surface area contributed by atoms with Crippen LogP contribution in [0.2, 0.25) is 0 Å². The lowest BCUT2D eigenvalue weighted by atomic mass is 9.95. The minimum Gasteiger partial charge on any atom is -0.492 e. The van der Waals surface area contributed by atoms with Crippen molar-refractivity contribution in [3.8, 4) is 5.75 Å². The lowest BCUT2D eigenvalue weighted by Crippen LogP contribution is -2.30. The summed E-state index contributed by atoms with van der Waals surface area (Å²) < 4.78 is 5.53. The van der Waals surface area contributed by atoms with Gasteiger partial charge in [0.15, 0.2) is 0 Å². The second kappa shape index (κ2) is 6.31. The summed E-state index contributed by atoms with van der Waals surface area (Å²) in [7, 11) is 0. The molecule has 0 atom stereocenters. The predicted octanol–water partition coefficient (Wildman–Crippen LogP) is 3.92. The monoisotopic (exact) mass is 285 g/mol. The van der Waals surface area contributed by atoms with Gasteiger partial charge in [-0.1, -0.05) is 18.2 Å². The summed E-state index contributed by atoms with van der Waals surface area (Å²) in [4.78, 5) is 11.0. The first kappa shape index (κ1) is 14.9. The quantitative estimate of drug-likeness (QED) is 0.844. The van der Waals surface area contributed by atoms with Crippen molar-refractivity contribution in [1.29, 1.82) is 0 Å². The van der Waals surface area contributed by atoms with Gasteiger partial charge in [-0.25, -0.2) is 0 Å². The molecule has 0 radical (unpaired) electrons. The van der Waals surface area contributed by atoms with Gasteiger partial charge in [0, 0.05) is 11.4 Å². The second-order valence-electron chi connectivity index (χ2n) is 5.49. The van der Waals surface area contributed by atoms with Gasteiger partial charge in [0.05, 0.1) is 5.41 Å². The van der Waals surface area contributed by atoms with E-state index in [-0.39, 0.29) is 6.61 Å². The van der Waals surface area contributed by atoms with Crippen LogP contribution in [0.4, 0.5) is 11.4 Å². The number of benzene rings is 2. The molecule has 21 heavy (non-hydrogen) atoms. The molecule has 2 aromatic carbocycles. The molecule has 0 aliphatic rings. The predicted molar refractivity (Wildman–Crippen MR) is 83.1 cm³/mol. The Morgan fingerprint density at radius 2 is 1.62 bits per heavy atom. The Hall–Kier alpha value is -2.49. The van der Waals surface area contributed by atoms with Gasteiger partial charge in [0.1, 0.15) is 12.4 Å². The molecule has 0 saturated carbocycles. The maximum Gasteiger partial charge on any atom is 0.312 e. The number of carbonyl (C=O) groups is 1. The Morgan fingerprint density at radius 1 is 1.05 bits per heavy atom. The summed E-state index contributed by atoms with van der Waals surface area (Å²) in [6.45, 7) is 3.41. The first-order chi connectivity index (χ1) is 9.97. The number of anilines is 2. The normalized spacial score (nSPS) is 11.0. The van der Waals surface area contributed by atoms with Crippen LogP contribution in [0.3, 0.4) is 0 Å². The number of nitrogens with one attached hydrogen (secondary N) is 1. The molecular weight excluding hydrogens is 266 g/mol. The van der Waals surface area contributed by atoms with E-state index < -0.39 is 11.4 Å². The molecule has 2 rings (SSSR count). The van der Waals surface area contributed by atoms with Crippen LogP contribution < -0.4 is 10.1 Å². The van der Waals surface area contributed by atoms with Crippen molar-refractivity contribution in [2.75, 3.05) is 11.9 Å². The largest absolute Gasteiger partial charge is 0.492 e. The molecule has 2 N–H and O–H groups in total. The zero-order chi connectivity index (χ0) is 15.3. The molecule has 110 valence electrons. The van der Waals surface area contributed by atoms with E-state index in [1.165, 1.54) is 0 Å². The van der Waals surface area contributed by atoms with Gasteiger partial charge in [-0.05, 0) is 50.2 Å². The maximum absolute atomic E-state index is 11.0. The molecule has 4 heteroatoms. The van der Waals surface area contributed by atoms with Crippen molar-refractivity contribution in [3.05, 3.63) is 54.6 Å². The van der Waals surface area contributed by atoms with Gasteiger partial charge in [0.25, 0.3) is 0 Å². The summed E-state index contributed by atoms with van der Waals surface area (Å²) in [5.74, 6) is -0.215. The third-order valence-corrected chi connectivity index (χ3v) is 3.10. The smallest absolute Gasteiger partial charge is 0.312 e. The standard InChI is InChI=1S/C17H19NO3/c1-17(2,16(19)20)12-21-15-10-8-14(9-11-15)18-13-6-4-3-5-7-13/h3-11,18H,12H2,1-2H3,(H,19,20). The molecule has 0 bridgehead atoms. The number of ether oxygens (including phenoxy) is 1. The van der Waals surface area contributed by atoms with E-state index in [1.54, 1.807) is 13.8 Å². The van der Waals surface area contributed by atoms with Gasteiger partial charge in [-0.2, -0.15) is 0 Å². The molecule has 0 aromatic heterocycles. The zero-order valence-corrected chi connectivity index (χ0v) is 12.2. The van der Waals surface area contributed by atoms with Crippen LogP contribution >= 0.6 is 0 Å². The lowest BCUT2D eigenvalue weighted by Gasteiger charge is -2.19. The van der Waals surface area contributed by atoms with Crippen molar-refractivity contribution in [1.82, 2.24) is 0 Å². The van der Waals surface area contributed by atoms with Gasteiger partial charge in [-0.3, -0.25) is 4.79 Å². The molecule has 0 aliphatic carbocycles. The van der Waals surface area contributed by atoms with Gasteiger partial charge >= 0.3 is 5.97 Å². The van der Waals surface area contributed by atoms with E-state index >= 15 is 0 Å². The molecule has 2 aromatic rings. The summed E-state index contributed by atoms with van der Waals surface area (Å²) in [6, 6.07) is 17.3. The van der Waals surface area contributed by atoms with Gasteiger partial charge in [0.2, 0.25) is 0 Å². The number of hydrogen-bond acceptors (Lipinski definition) is 3. The average molecular weight is 285 g/mol. The minimum atomic E-state index is -0.902. The summed E-state index contributed by atoms with van der Waals surface area (Å²) in [5.41, 5.74) is 1.06. The fraction of sp³-hybridized carbons (Fsp3) is 0.235. The Labute approximate surface area is 124 Å². The molecule has 0 fully saturated rings. The summed E-state index contributed by atoms with van der Waals surface area (Å²) in [6.07, 6.45) is 0. The molecule has 0 aliphatic heterocycles. The molecule has 4 nitrogen and oxygen atoms in total. The average Bonchev–Trinajstić information content (AvgIpc) is 2.47. The van der Waals surface area contributed by atoms with Crippen LogP contribution in [0.5, 0.6) is 5.75 Å². The Balaban J connectivity index is 1.95. The Kier molecular flexibility index (Phi) is 4.48. The van der Waals surface area contributed by atoms with Crippen molar-refractivity contribution in [3.63, 3.8) is 0 Å². The van der Waals surface area contributed by atoms with E-state index in [4.69, 9.17) is 9.84 Å². The highest BCUT2D eigenvalue weighted by molar-refractivity contribution is 5.73. The number of hydrogen-bond donors (Lipinski definition) is 2. The van der Waals surface area contributed by atoms with E-state index in [2.05, 4.69) is 5.32 Å². The van der Waals surface area contributed by atoms with Crippen LogP contribution in [0.1, 0.15) is 13.8 Å². The highest BCUT2D eigenvalue weighted by atomic mass is 16.5. The maximum atomic E-state index is 11.0. The molecule has 0 unspecified atom stereocenters. The van der Waals surface area contributed by atoms with Crippen LogP contribution in [-0.4, -0.2) is 17.7 Å². The number of rotatable bonds is 6. The summed E-state index contributed by atoms with van der Waals surface area (Å²) >= 11 is 0. The third kappa shape index (κ3) is 4.24. The Morgan fingerprint density at radius 3 is 2.19 bits per heavy atom. The van der Waals surface area contributed by atoms with Crippen LogP contribution in [0.25, 0.3) is 0 Å². The van der Waals surface area contributed by atoms with Gasteiger partial charge < -0.3 is 15.2 Å². The van der Waals surface area contributed by atoms with E-state index in [9.17, 15) is 4.79 Å². The Bertz CT molecular complexity index is 591. The topological polar surface area (TPSA) is 58.6 Å². The molecule has 0 amide bonds. The van der Waals surface area contributed by atoms with Crippen molar-refractivity contribution >= 4 is 17.3 Å². The van der Waals surface area contributed by atoms with Crippen LogP contribution in [-0.2, 0) is 4.79 Å². The van der Waals surface area contributed by atoms with Crippen molar-refractivity contribution in [2.24, 2.45) is 5.41 Å². The molecule has 0 saturated heterocycles. The van der Waals surface area contributed by atoms with Gasteiger partial charge in [-0.15, -0.1) is 0 Å². The second-order valence-corrected chi connectivity index (χ2v) is 5.49. The van der Waals surface area contributed by atoms with Crippen LogP contribution in [0, 0.1) is 5.41 Å². The lowest BCUT2D eigenvalue weighted by molar-refractivity contribution is -0.148. The number of para-hydroxylation sites is 1. The number of carboxylic acids is 1. The van der Waals surface area contributed by atoms with Crippen LogP contribution in [0.15, 0.2) is 54.6 Å². The fourth-order valence-corrected chi connectivity index (χ4v) is 1.65. The van der Waals surface area contributed by atoms with Crippen molar-refractivity contribution < 1.29 is 14.6 Å². The third-order valence-electron chi connectivity index (χ3n) is 3.10. The number of carboxylic acid groups (broad SMARTS) is 1. The first-order valence-electron chi connectivity index (χ1n) is 6.76. The van der Waals surface area contributed by atoms with E-state index in [0.717, 1.165) is 11.4 Å². The highest BCUT2D eigenvalue weighted by Gasteiger charge is 2.28. The fourth-order valence-electron chi connectivity index (χ4n) is 1.65. The SMILES string of the molecule is CC(C)(COc1ccc(Nc2ccccc2)cc1)C(=O)O. The molecule has 0 spiro atoms. The highest BCUT2D eigenvalue weighted by Crippen LogP contribution is 2.22. The minimum absolute atomic E-state index is 0.133. The van der Waals surface area contributed by atoms with Crippen molar-refractivity contribution in [2.45, 2.75) is 13.8 Å². The molecule has 0 heterocycles. The number of aliphatic carboxylic acids is 1. The van der Waals surface area contributed by atoms with E-state index in [0.29, 0.717) is 5.75 Å².